The Morgan fingerprint density at radius 2 is 1.88 bits per heavy atom. The van der Waals surface area contributed by atoms with Crippen LogP contribution in [0.1, 0.15) is 34.8 Å². The van der Waals surface area contributed by atoms with Crippen LogP contribution in [0.2, 0.25) is 0 Å². The van der Waals surface area contributed by atoms with Crippen LogP contribution >= 0.6 is 0 Å². The maximum Gasteiger partial charge on any atom is 0.255 e. The van der Waals surface area contributed by atoms with Crippen LogP contribution in [0.5, 0.6) is 5.75 Å². The zero-order valence-electron chi connectivity index (χ0n) is 14.3. The normalized spacial score (nSPS) is 12.4. The third-order valence-corrected chi connectivity index (χ3v) is 4.22. The van der Waals surface area contributed by atoms with Crippen molar-refractivity contribution >= 4 is 17.5 Å². The van der Waals surface area contributed by atoms with Crippen LogP contribution < -0.4 is 15.4 Å². The Hall–Kier alpha value is -2.82. The molecule has 0 fully saturated rings. The number of hydrogen-bond acceptors (Lipinski definition) is 3. The van der Waals surface area contributed by atoms with E-state index >= 15 is 0 Å². The smallest absolute Gasteiger partial charge is 0.255 e. The Kier molecular flexibility index (Phi) is 5.33. The molecule has 2 aromatic carbocycles. The van der Waals surface area contributed by atoms with Crippen molar-refractivity contribution in [1.29, 1.82) is 0 Å². The quantitative estimate of drug-likeness (QED) is 0.851. The third-order valence-electron chi connectivity index (χ3n) is 4.22. The summed E-state index contributed by atoms with van der Waals surface area (Å²) in [7, 11) is 0. The van der Waals surface area contributed by atoms with E-state index in [1.54, 1.807) is 18.2 Å². The average Bonchev–Trinajstić information content (AvgIpc) is 3.08. The van der Waals surface area contributed by atoms with Gasteiger partial charge in [-0.25, -0.2) is 0 Å². The highest BCUT2D eigenvalue weighted by Crippen LogP contribution is 2.24. The van der Waals surface area contributed by atoms with Crippen LogP contribution in [-0.2, 0) is 17.6 Å². The molecule has 5 heteroatoms. The third kappa shape index (κ3) is 4.18. The lowest BCUT2D eigenvalue weighted by atomic mass is 10.1. The van der Waals surface area contributed by atoms with Crippen molar-refractivity contribution in [3.8, 4) is 5.75 Å². The van der Waals surface area contributed by atoms with Crippen LogP contribution in [0.4, 0.5) is 5.69 Å². The Bertz CT molecular complexity index is 786. The van der Waals surface area contributed by atoms with E-state index in [9.17, 15) is 9.59 Å². The van der Waals surface area contributed by atoms with Crippen LogP contribution in [-0.4, -0.2) is 25.0 Å². The zero-order chi connectivity index (χ0) is 17.6. The monoisotopic (exact) mass is 338 g/mol. The number of nitrogens with one attached hydrogen (secondary N) is 2. The minimum atomic E-state index is -0.326. The molecule has 25 heavy (non-hydrogen) atoms. The fraction of sp³-hybridized carbons (Fsp3) is 0.300. The van der Waals surface area contributed by atoms with Gasteiger partial charge in [0.05, 0.1) is 18.7 Å². The van der Waals surface area contributed by atoms with Crippen molar-refractivity contribution in [2.45, 2.75) is 26.2 Å². The van der Waals surface area contributed by atoms with E-state index in [1.807, 2.05) is 25.1 Å². The Morgan fingerprint density at radius 3 is 2.72 bits per heavy atom. The van der Waals surface area contributed by atoms with Crippen molar-refractivity contribution in [1.82, 2.24) is 5.32 Å². The number of aryl methyl sites for hydroxylation is 2. The Labute approximate surface area is 147 Å². The molecule has 0 atom stereocenters. The number of rotatable bonds is 6. The molecule has 0 aromatic heterocycles. The van der Waals surface area contributed by atoms with Gasteiger partial charge in [0.25, 0.3) is 5.91 Å². The van der Waals surface area contributed by atoms with Gasteiger partial charge in [-0.1, -0.05) is 18.2 Å². The van der Waals surface area contributed by atoms with Crippen molar-refractivity contribution in [3.63, 3.8) is 0 Å². The average molecular weight is 338 g/mol. The number of fused-ring (bicyclic) bond motifs is 1. The van der Waals surface area contributed by atoms with Crippen LogP contribution in [0, 0.1) is 0 Å². The molecular weight excluding hydrogens is 316 g/mol. The lowest BCUT2D eigenvalue weighted by Gasteiger charge is -2.11. The number of anilines is 1. The summed E-state index contributed by atoms with van der Waals surface area (Å²) in [4.78, 5) is 24.4. The molecule has 0 saturated heterocycles. The summed E-state index contributed by atoms with van der Waals surface area (Å²) in [5.41, 5.74) is 3.86. The van der Waals surface area contributed by atoms with Gasteiger partial charge in [-0.2, -0.15) is 0 Å². The number of carbonyl (C=O) groups is 2. The summed E-state index contributed by atoms with van der Waals surface area (Å²) >= 11 is 0. The number of hydrogen-bond donors (Lipinski definition) is 2. The Morgan fingerprint density at radius 1 is 1.08 bits per heavy atom. The van der Waals surface area contributed by atoms with Crippen molar-refractivity contribution in [2.75, 3.05) is 18.5 Å². The number of para-hydroxylation sites is 1. The first kappa shape index (κ1) is 17.0. The maximum atomic E-state index is 12.3. The highest BCUT2D eigenvalue weighted by Gasteiger charge is 2.14. The molecule has 0 saturated carbocycles. The minimum Gasteiger partial charge on any atom is -0.493 e. The first-order valence-corrected chi connectivity index (χ1v) is 8.59. The lowest BCUT2D eigenvalue weighted by molar-refractivity contribution is -0.115. The second-order valence-corrected chi connectivity index (χ2v) is 6.00. The summed E-state index contributed by atoms with van der Waals surface area (Å²) in [6.07, 6.45) is 3.34. The van der Waals surface area contributed by atoms with Gasteiger partial charge < -0.3 is 15.4 Å². The molecule has 5 nitrogen and oxygen atoms in total. The van der Waals surface area contributed by atoms with Gasteiger partial charge in [0, 0.05) is 5.69 Å². The molecule has 0 aliphatic heterocycles. The second kappa shape index (κ2) is 7.83. The van der Waals surface area contributed by atoms with E-state index in [1.165, 1.54) is 17.5 Å². The van der Waals surface area contributed by atoms with Crippen molar-refractivity contribution in [3.05, 3.63) is 59.2 Å². The van der Waals surface area contributed by atoms with Gasteiger partial charge in [0.1, 0.15) is 5.75 Å². The van der Waals surface area contributed by atoms with E-state index in [0.29, 0.717) is 17.9 Å². The molecular formula is C20H22N2O3. The van der Waals surface area contributed by atoms with Gasteiger partial charge in [0.2, 0.25) is 5.91 Å². The largest absolute Gasteiger partial charge is 0.493 e. The number of benzene rings is 2. The molecule has 1 aliphatic rings. The molecule has 0 unspecified atom stereocenters. The summed E-state index contributed by atoms with van der Waals surface area (Å²) in [6, 6.07) is 13.0. The summed E-state index contributed by atoms with van der Waals surface area (Å²) in [5, 5.41) is 5.47. The van der Waals surface area contributed by atoms with E-state index in [2.05, 4.69) is 16.7 Å². The van der Waals surface area contributed by atoms with Crippen LogP contribution in [0.15, 0.2) is 42.5 Å². The summed E-state index contributed by atoms with van der Waals surface area (Å²) < 4.78 is 5.44. The van der Waals surface area contributed by atoms with Crippen LogP contribution in [0.3, 0.4) is 0 Å². The van der Waals surface area contributed by atoms with Gasteiger partial charge in [-0.05, 0) is 61.6 Å². The van der Waals surface area contributed by atoms with Crippen LogP contribution in [0.25, 0.3) is 0 Å². The number of amides is 2. The molecule has 2 amide bonds. The molecule has 0 bridgehead atoms. The van der Waals surface area contributed by atoms with E-state index in [4.69, 9.17) is 4.74 Å². The molecule has 130 valence electrons. The van der Waals surface area contributed by atoms with Gasteiger partial charge in [-0.15, -0.1) is 0 Å². The number of carbonyl (C=O) groups excluding carboxylic acids is 2. The minimum absolute atomic E-state index is 0.0869. The first-order chi connectivity index (χ1) is 12.2. The molecule has 0 heterocycles. The van der Waals surface area contributed by atoms with Gasteiger partial charge in [-0.3, -0.25) is 9.59 Å². The van der Waals surface area contributed by atoms with E-state index < -0.39 is 0 Å². The lowest BCUT2D eigenvalue weighted by Crippen LogP contribution is -2.33. The molecule has 2 aromatic rings. The SMILES string of the molecule is CCOc1ccccc1C(=O)NCC(=O)Nc1ccc2c(c1)CCC2. The van der Waals surface area contributed by atoms with Crippen molar-refractivity contribution < 1.29 is 14.3 Å². The zero-order valence-corrected chi connectivity index (χ0v) is 14.3. The fourth-order valence-corrected chi connectivity index (χ4v) is 3.05. The molecule has 0 radical (unpaired) electrons. The van der Waals surface area contributed by atoms with E-state index in [0.717, 1.165) is 18.5 Å². The highest BCUT2D eigenvalue weighted by atomic mass is 16.5. The molecule has 3 rings (SSSR count). The predicted molar refractivity (Wildman–Crippen MR) is 97.0 cm³/mol. The molecule has 0 spiro atoms. The molecule has 1 aliphatic carbocycles. The van der Waals surface area contributed by atoms with Gasteiger partial charge in [0.15, 0.2) is 0 Å². The predicted octanol–water partition coefficient (Wildman–Crippen LogP) is 2.94. The summed E-state index contributed by atoms with van der Waals surface area (Å²) in [6.45, 7) is 2.25. The van der Waals surface area contributed by atoms with Gasteiger partial charge >= 0.3 is 0 Å². The standard InChI is InChI=1S/C20H22N2O3/c1-2-25-18-9-4-3-8-17(18)20(24)21-13-19(23)22-16-11-10-14-6-5-7-15(14)12-16/h3-4,8-12H,2,5-7,13H2,1H3,(H,21,24)(H,22,23). The first-order valence-electron chi connectivity index (χ1n) is 8.59. The highest BCUT2D eigenvalue weighted by molar-refractivity contribution is 6.00. The second-order valence-electron chi connectivity index (χ2n) is 6.00. The summed E-state index contributed by atoms with van der Waals surface area (Å²) in [5.74, 6) is -0.0603. The topological polar surface area (TPSA) is 67.4 Å². The van der Waals surface area contributed by atoms with E-state index in [-0.39, 0.29) is 18.4 Å². The fourth-order valence-electron chi connectivity index (χ4n) is 3.05. The number of ether oxygens (including phenoxy) is 1. The maximum absolute atomic E-state index is 12.3. The molecule has 2 N–H and O–H groups in total. The van der Waals surface area contributed by atoms with Crippen molar-refractivity contribution in [2.24, 2.45) is 0 Å². The Balaban J connectivity index is 1.56.